The van der Waals surface area contributed by atoms with Gasteiger partial charge in [-0.2, -0.15) is 0 Å². The van der Waals surface area contributed by atoms with Crippen molar-refractivity contribution < 1.29 is 4.79 Å². The second-order valence-corrected chi connectivity index (χ2v) is 7.39. The Bertz CT molecular complexity index is 306. The number of carbonyl (C=O) groups is 1. The number of alkyl halides is 1. The van der Waals surface area contributed by atoms with Crippen molar-refractivity contribution in [2.24, 2.45) is 17.3 Å². The molecule has 3 heteroatoms. The van der Waals surface area contributed by atoms with E-state index in [1.807, 2.05) is 0 Å². The van der Waals surface area contributed by atoms with Crippen molar-refractivity contribution in [1.29, 1.82) is 0 Å². The van der Waals surface area contributed by atoms with Crippen LogP contribution in [0.15, 0.2) is 0 Å². The van der Waals surface area contributed by atoms with Gasteiger partial charge in [0.15, 0.2) is 0 Å². The van der Waals surface area contributed by atoms with E-state index in [0.29, 0.717) is 11.3 Å². The Hall–Kier alpha value is -0.240. The molecule has 2 fully saturated rings. The fraction of sp³-hybridized carbons (Fsp3) is 0.941. The van der Waals surface area contributed by atoms with Gasteiger partial charge in [0.2, 0.25) is 5.91 Å². The average molecular weight is 300 g/mol. The van der Waals surface area contributed by atoms with Gasteiger partial charge in [-0.15, -0.1) is 11.6 Å². The van der Waals surface area contributed by atoms with Crippen LogP contribution in [-0.4, -0.2) is 18.3 Å². The molecule has 0 unspecified atom stereocenters. The molecular weight excluding hydrogens is 270 g/mol. The van der Waals surface area contributed by atoms with Gasteiger partial charge >= 0.3 is 0 Å². The molecule has 116 valence electrons. The first kappa shape index (κ1) is 16.1. The highest BCUT2D eigenvalue weighted by molar-refractivity contribution is 6.17. The van der Waals surface area contributed by atoms with Gasteiger partial charge in [0.1, 0.15) is 0 Å². The summed E-state index contributed by atoms with van der Waals surface area (Å²) in [4.78, 5) is 12.3. The quantitative estimate of drug-likeness (QED) is 0.657. The zero-order valence-corrected chi connectivity index (χ0v) is 13.7. The van der Waals surface area contributed by atoms with Crippen LogP contribution in [-0.2, 0) is 4.79 Å². The van der Waals surface area contributed by atoms with Crippen molar-refractivity contribution >= 4 is 17.5 Å². The van der Waals surface area contributed by atoms with E-state index in [9.17, 15) is 4.79 Å². The minimum atomic E-state index is 0.277. The Morgan fingerprint density at radius 2 is 1.95 bits per heavy atom. The summed E-state index contributed by atoms with van der Waals surface area (Å²) in [6.07, 6.45) is 12.3. The summed E-state index contributed by atoms with van der Waals surface area (Å²) in [6.45, 7) is 3.11. The predicted molar refractivity (Wildman–Crippen MR) is 85.0 cm³/mol. The number of rotatable bonds is 8. The van der Waals surface area contributed by atoms with Crippen LogP contribution in [0.5, 0.6) is 0 Å². The summed E-state index contributed by atoms with van der Waals surface area (Å²) < 4.78 is 0. The summed E-state index contributed by atoms with van der Waals surface area (Å²) in [7, 11) is 0. The molecule has 2 rings (SSSR count). The molecule has 2 aliphatic rings. The third-order valence-corrected chi connectivity index (χ3v) is 5.59. The van der Waals surface area contributed by atoms with E-state index in [-0.39, 0.29) is 5.92 Å². The second kappa shape index (κ2) is 7.68. The van der Waals surface area contributed by atoms with Gasteiger partial charge in [0, 0.05) is 18.3 Å². The summed E-state index contributed by atoms with van der Waals surface area (Å²) in [5.74, 6) is 2.18. The van der Waals surface area contributed by atoms with Crippen LogP contribution in [0.2, 0.25) is 0 Å². The van der Waals surface area contributed by atoms with Crippen LogP contribution in [0.25, 0.3) is 0 Å². The molecule has 0 radical (unpaired) electrons. The van der Waals surface area contributed by atoms with Crippen molar-refractivity contribution in [2.75, 3.05) is 12.4 Å². The Kier molecular flexibility index (Phi) is 6.20. The first-order chi connectivity index (χ1) is 9.69. The maximum atomic E-state index is 12.3. The Morgan fingerprint density at radius 3 is 2.50 bits per heavy atom. The number of nitrogens with one attached hydrogen (secondary N) is 1. The normalized spacial score (nSPS) is 28.1. The van der Waals surface area contributed by atoms with Gasteiger partial charge in [0.05, 0.1) is 0 Å². The molecule has 1 N–H and O–H groups in total. The number of hydrogen-bond donors (Lipinski definition) is 1. The number of halogens is 1. The van der Waals surface area contributed by atoms with Gasteiger partial charge in [-0.05, 0) is 56.3 Å². The third kappa shape index (κ3) is 4.65. The molecule has 2 saturated carbocycles. The van der Waals surface area contributed by atoms with E-state index in [0.717, 1.165) is 37.6 Å². The number of amides is 1. The highest BCUT2D eigenvalue weighted by atomic mass is 35.5. The smallest absolute Gasteiger partial charge is 0.223 e. The summed E-state index contributed by atoms with van der Waals surface area (Å²) >= 11 is 5.84. The SMILES string of the molecule is CCCCC1CCC(C(=O)NCC2(CCCl)CC2)CC1. The summed E-state index contributed by atoms with van der Waals surface area (Å²) in [6, 6.07) is 0. The molecule has 2 aliphatic carbocycles. The predicted octanol–water partition coefficient (Wildman–Crippen LogP) is 4.51. The van der Waals surface area contributed by atoms with Gasteiger partial charge in [-0.3, -0.25) is 4.79 Å². The lowest BCUT2D eigenvalue weighted by atomic mass is 9.79. The van der Waals surface area contributed by atoms with Crippen molar-refractivity contribution in [3.8, 4) is 0 Å². The van der Waals surface area contributed by atoms with E-state index >= 15 is 0 Å². The van der Waals surface area contributed by atoms with Crippen LogP contribution in [0, 0.1) is 17.3 Å². The maximum Gasteiger partial charge on any atom is 0.223 e. The lowest BCUT2D eigenvalue weighted by molar-refractivity contribution is -0.126. The lowest BCUT2D eigenvalue weighted by Crippen LogP contribution is -2.36. The van der Waals surface area contributed by atoms with Crippen molar-refractivity contribution in [1.82, 2.24) is 5.32 Å². The molecule has 0 aromatic carbocycles. The molecule has 0 aliphatic heterocycles. The monoisotopic (exact) mass is 299 g/mol. The summed E-state index contributed by atoms with van der Waals surface area (Å²) in [5.41, 5.74) is 0.357. The average Bonchev–Trinajstić information content (AvgIpc) is 3.24. The van der Waals surface area contributed by atoms with Crippen LogP contribution in [0.4, 0.5) is 0 Å². The Balaban J connectivity index is 1.64. The largest absolute Gasteiger partial charge is 0.355 e. The number of unbranched alkanes of at least 4 members (excludes halogenated alkanes) is 1. The van der Waals surface area contributed by atoms with E-state index < -0.39 is 0 Å². The van der Waals surface area contributed by atoms with Crippen LogP contribution in [0.1, 0.15) is 71.1 Å². The molecule has 0 heterocycles. The van der Waals surface area contributed by atoms with Gasteiger partial charge in [0.25, 0.3) is 0 Å². The number of hydrogen-bond acceptors (Lipinski definition) is 1. The standard InChI is InChI=1S/C17H30ClNO/c1-2-3-4-14-5-7-15(8-6-14)16(20)19-13-17(9-10-17)11-12-18/h14-15H,2-13H2,1H3,(H,19,20). The summed E-state index contributed by atoms with van der Waals surface area (Å²) in [5, 5.41) is 3.20. The molecular formula is C17H30ClNO. The van der Waals surface area contributed by atoms with Crippen molar-refractivity contribution in [2.45, 2.75) is 71.1 Å². The van der Waals surface area contributed by atoms with E-state index in [2.05, 4.69) is 12.2 Å². The Morgan fingerprint density at radius 1 is 1.25 bits per heavy atom. The zero-order chi connectivity index (χ0) is 14.4. The van der Waals surface area contributed by atoms with Gasteiger partial charge in [-0.1, -0.05) is 26.2 Å². The molecule has 0 aromatic rings. The zero-order valence-electron chi connectivity index (χ0n) is 12.9. The van der Waals surface area contributed by atoms with E-state index in [1.165, 1.54) is 44.9 Å². The maximum absolute atomic E-state index is 12.3. The molecule has 0 bridgehead atoms. The highest BCUT2D eigenvalue weighted by Gasteiger charge is 2.42. The van der Waals surface area contributed by atoms with Crippen LogP contribution < -0.4 is 5.32 Å². The van der Waals surface area contributed by atoms with Crippen LogP contribution in [0.3, 0.4) is 0 Å². The first-order valence-corrected chi connectivity index (χ1v) is 9.06. The minimum absolute atomic E-state index is 0.277. The Labute approximate surface area is 129 Å². The molecule has 0 spiro atoms. The number of carbonyl (C=O) groups excluding carboxylic acids is 1. The van der Waals surface area contributed by atoms with Crippen molar-refractivity contribution in [3.05, 3.63) is 0 Å². The third-order valence-electron chi connectivity index (χ3n) is 5.40. The fourth-order valence-electron chi connectivity index (χ4n) is 3.52. The molecule has 0 atom stereocenters. The van der Waals surface area contributed by atoms with E-state index in [1.54, 1.807) is 0 Å². The lowest BCUT2D eigenvalue weighted by Gasteiger charge is -2.28. The second-order valence-electron chi connectivity index (χ2n) is 7.02. The van der Waals surface area contributed by atoms with Crippen molar-refractivity contribution in [3.63, 3.8) is 0 Å². The fourth-order valence-corrected chi connectivity index (χ4v) is 3.92. The molecule has 0 saturated heterocycles. The minimum Gasteiger partial charge on any atom is -0.355 e. The van der Waals surface area contributed by atoms with Crippen LogP contribution >= 0.6 is 11.6 Å². The molecule has 2 nitrogen and oxygen atoms in total. The topological polar surface area (TPSA) is 29.1 Å². The molecule has 1 amide bonds. The molecule has 20 heavy (non-hydrogen) atoms. The van der Waals surface area contributed by atoms with E-state index in [4.69, 9.17) is 11.6 Å². The highest BCUT2D eigenvalue weighted by Crippen LogP contribution is 2.48. The van der Waals surface area contributed by atoms with Gasteiger partial charge < -0.3 is 5.32 Å². The van der Waals surface area contributed by atoms with Gasteiger partial charge in [-0.25, -0.2) is 0 Å². The molecule has 0 aromatic heterocycles. The first-order valence-electron chi connectivity index (χ1n) is 8.53.